The van der Waals surface area contributed by atoms with Crippen molar-refractivity contribution in [3.8, 4) is 0 Å². The summed E-state index contributed by atoms with van der Waals surface area (Å²) in [5, 5.41) is 14.6. The zero-order valence-electron chi connectivity index (χ0n) is 8.47. The molecule has 0 rings (SSSR count). The molecule has 0 spiro atoms. The number of hydrogen-bond donors (Lipinski definition) is 3. The van der Waals surface area contributed by atoms with Crippen LogP contribution >= 0.6 is 0 Å². The van der Waals surface area contributed by atoms with Crippen LogP contribution in [0.25, 0.3) is 0 Å². The van der Waals surface area contributed by atoms with Crippen molar-refractivity contribution >= 4 is 5.91 Å². The molecule has 1 unspecified atom stereocenters. The highest BCUT2D eigenvalue weighted by molar-refractivity contribution is 5.75. The second-order valence-corrected chi connectivity index (χ2v) is 3.19. The summed E-state index contributed by atoms with van der Waals surface area (Å²) < 4.78 is 0. The molecule has 0 saturated heterocycles. The number of carbonyl (C=O) groups is 1. The van der Waals surface area contributed by atoms with Gasteiger partial charge in [0.25, 0.3) is 0 Å². The normalized spacial score (nSPS) is 12.5. The van der Waals surface area contributed by atoms with Gasteiger partial charge in [-0.1, -0.05) is 0 Å². The van der Waals surface area contributed by atoms with Crippen LogP contribution < -0.4 is 10.6 Å². The molecule has 0 bridgehead atoms. The number of amides is 1. The number of carbonyl (C=O) groups excluding carboxylic acids is 1. The van der Waals surface area contributed by atoms with E-state index < -0.39 is 0 Å². The summed E-state index contributed by atoms with van der Waals surface area (Å²) in [5.74, 6) is 0.0656. The van der Waals surface area contributed by atoms with Gasteiger partial charge in [0.1, 0.15) is 0 Å². The lowest BCUT2D eigenvalue weighted by Gasteiger charge is -2.06. The largest absolute Gasteiger partial charge is 0.393 e. The molecule has 0 heterocycles. The standard InChI is InChI=1S/C9H20N2O2/c1-8(12)5-7-11-9(13)4-3-6-10-2/h8,10,12H,3-7H2,1-2H3,(H,11,13). The van der Waals surface area contributed by atoms with E-state index in [4.69, 9.17) is 5.11 Å². The highest BCUT2D eigenvalue weighted by Gasteiger charge is 2.00. The number of rotatable bonds is 7. The maximum atomic E-state index is 11.1. The fourth-order valence-corrected chi connectivity index (χ4v) is 0.935. The quantitative estimate of drug-likeness (QED) is 0.488. The van der Waals surface area contributed by atoms with E-state index in [2.05, 4.69) is 10.6 Å². The maximum absolute atomic E-state index is 11.1. The average Bonchev–Trinajstić information content (AvgIpc) is 2.04. The Morgan fingerprint density at radius 3 is 2.69 bits per heavy atom. The van der Waals surface area contributed by atoms with Crippen LogP contribution in [0, 0.1) is 0 Å². The van der Waals surface area contributed by atoms with E-state index in [0.717, 1.165) is 13.0 Å². The van der Waals surface area contributed by atoms with Gasteiger partial charge in [0.05, 0.1) is 6.10 Å². The molecule has 0 aliphatic carbocycles. The first kappa shape index (κ1) is 12.4. The molecule has 1 amide bonds. The van der Waals surface area contributed by atoms with Crippen LogP contribution in [0.5, 0.6) is 0 Å². The van der Waals surface area contributed by atoms with Gasteiger partial charge in [0.2, 0.25) is 5.91 Å². The monoisotopic (exact) mass is 188 g/mol. The van der Waals surface area contributed by atoms with E-state index in [9.17, 15) is 4.79 Å². The Morgan fingerprint density at radius 2 is 2.15 bits per heavy atom. The van der Waals surface area contributed by atoms with Gasteiger partial charge in [0.15, 0.2) is 0 Å². The molecule has 4 heteroatoms. The number of aliphatic hydroxyl groups is 1. The van der Waals surface area contributed by atoms with Gasteiger partial charge in [-0.05, 0) is 33.4 Å². The van der Waals surface area contributed by atoms with Crippen molar-refractivity contribution in [2.75, 3.05) is 20.1 Å². The smallest absolute Gasteiger partial charge is 0.220 e. The van der Waals surface area contributed by atoms with Crippen molar-refractivity contribution in [3.63, 3.8) is 0 Å². The van der Waals surface area contributed by atoms with Crippen LogP contribution in [-0.2, 0) is 4.79 Å². The lowest BCUT2D eigenvalue weighted by Crippen LogP contribution is -2.26. The second-order valence-electron chi connectivity index (χ2n) is 3.19. The van der Waals surface area contributed by atoms with Crippen molar-refractivity contribution in [3.05, 3.63) is 0 Å². The minimum Gasteiger partial charge on any atom is -0.393 e. The summed E-state index contributed by atoms with van der Waals surface area (Å²) in [6.45, 7) is 3.15. The van der Waals surface area contributed by atoms with Crippen LogP contribution in [0.2, 0.25) is 0 Å². The predicted molar refractivity (Wildman–Crippen MR) is 52.5 cm³/mol. The molecule has 1 atom stereocenters. The molecule has 0 aliphatic rings. The van der Waals surface area contributed by atoms with Gasteiger partial charge >= 0.3 is 0 Å². The zero-order chi connectivity index (χ0) is 10.1. The summed E-state index contributed by atoms with van der Waals surface area (Å²) in [7, 11) is 1.87. The molecule has 78 valence electrons. The third-order valence-corrected chi connectivity index (χ3v) is 1.71. The van der Waals surface area contributed by atoms with Crippen LogP contribution in [0.15, 0.2) is 0 Å². The summed E-state index contributed by atoms with van der Waals surface area (Å²) >= 11 is 0. The first-order valence-electron chi connectivity index (χ1n) is 4.76. The third-order valence-electron chi connectivity index (χ3n) is 1.71. The van der Waals surface area contributed by atoms with Crippen LogP contribution in [0.1, 0.15) is 26.2 Å². The highest BCUT2D eigenvalue weighted by atomic mass is 16.3. The Hall–Kier alpha value is -0.610. The molecule has 3 N–H and O–H groups in total. The van der Waals surface area contributed by atoms with Gasteiger partial charge in [0, 0.05) is 13.0 Å². The minimum atomic E-state index is -0.336. The van der Waals surface area contributed by atoms with Crippen molar-refractivity contribution in [1.29, 1.82) is 0 Å². The molecule has 0 saturated carbocycles. The summed E-state index contributed by atoms with van der Waals surface area (Å²) in [4.78, 5) is 11.1. The van der Waals surface area contributed by atoms with Crippen molar-refractivity contribution in [2.24, 2.45) is 0 Å². The fourth-order valence-electron chi connectivity index (χ4n) is 0.935. The van der Waals surface area contributed by atoms with Crippen molar-refractivity contribution in [2.45, 2.75) is 32.3 Å². The van der Waals surface area contributed by atoms with Gasteiger partial charge in [-0.2, -0.15) is 0 Å². The Bertz CT molecular complexity index is 138. The molecule has 0 radical (unpaired) electrons. The van der Waals surface area contributed by atoms with E-state index in [1.807, 2.05) is 7.05 Å². The summed E-state index contributed by atoms with van der Waals surface area (Å²) in [5.41, 5.74) is 0. The summed E-state index contributed by atoms with van der Waals surface area (Å²) in [6, 6.07) is 0. The number of nitrogens with one attached hydrogen (secondary N) is 2. The topological polar surface area (TPSA) is 61.4 Å². The lowest BCUT2D eigenvalue weighted by atomic mass is 10.2. The third kappa shape index (κ3) is 9.30. The van der Waals surface area contributed by atoms with Crippen molar-refractivity contribution < 1.29 is 9.90 Å². The second kappa shape index (κ2) is 8.01. The van der Waals surface area contributed by atoms with E-state index in [0.29, 0.717) is 19.4 Å². The van der Waals surface area contributed by atoms with Gasteiger partial charge in [-0.25, -0.2) is 0 Å². The van der Waals surface area contributed by atoms with E-state index in [1.165, 1.54) is 0 Å². The molecule has 0 aliphatic heterocycles. The fraction of sp³-hybridized carbons (Fsp3) is 0.889. The molecular formula is C9H20N2O2. The highest BCUT2D eigenvalue weighted by Crippen LogP contribution is 1.89. The first-order chi connectivity index (χ1) is 6.16. The van der Waals surface area contributed by atoms with Gasteiger partial charge in [-0.3, -0.25) is 4.79 Å². The van der Waals surface area contributed by atoms with Crippen LogP contribution in [0.3, 0.4) is 0 Å². The SMILES string of the molecule is CNCCCC(=O)NCCC(C)O. The molecule has 13 heavy (non-hydrogen) atoms. The van der Waals surface area contributed by atoms with Crippen LogP contribution in [0.4, 0.5) is 0 Å². The predicted octanol–water partition coefficient (Wildman–Crippen LogP) is -0.127. The van der Waals surface area contributed by atoms with Gasteiger partial charge in [-0.15, -0.1) is 0 Å². The molecule has 0 aromatic rings. The number of aliphatic hydroxyl groups excluding tert-OH is 1. The molecule has 0 aromatic carbocycles. The Balaban J connectivity index is 3.20. The average molecular weight is 188 g/mol. The molecule has 4 nitrogen and oxygen atoms in total. The summed E-state index contributed by atoms with van der Waals surface area (Å²) in [6.07, 6.45) is 1.70. The Morgan fingerprint density at radius 1 is 1.46 bits per heavy atom. The van der Waals surface area contributed by atoms with E-state index in [-0.39, 0.29) is 12.0 Å². The molecular weight excluding hydrogens is 168 g/mol. The van der Waals surface area contributed by atoms with E-state index in [1.54, 1.807) is 6.92 Å². The molecule has 0 fully saturated rings. The van der Waals surface area contributed by atoms with Gasteiger partial charge < -0.3 is 15.7 Å². The van der Waals surface area contributed by atoms with E-state index >= 15 is 0 Å². The van der Waals surface area contributed by atoms with Crippen molar-refractivity contribution in [1.82, 2.24) is 10.6 Å². The Kier molecular flexibility index (Phi) is 7.63. The minimum absolute atomic E-state index is 0.0656. The maximum Gasteiger partial charge on any atom is 0.220 e. The van der Waals surface area contributed by atoms with Crippen LogP contribution in [-0.4, -0.2) is 37.3 Å². The molecule has 0 aromatic heterocycles. The Labute approximate surface area is 79.7 Å². The first-order valence-corrected chi connectivity index (χ1v) is 4.76. The number of hydrogen-bond acceptors (Lipinski definition) is 3. The zero-order valence-corrected chi connectivity index (χ0v) is 8.47. The lowest BCUT2D eigenvalue weighted by molar-refractivity contribution is -0.121.